The maximum absolute atomic E-state index is 11.7. The van der Waals surface area contributed by atoms with Gasteiger partial charge in [0.1, 0.15) is 5.75 Å². The molecule has 0 aromatic heterocycles. The first-order valence-electron chi connectivity index (χ1n) is 5.13. The molecule has 6 nitrogen and oxygen atoms in total. The van der Waals surface area contributed by atoms with Gasteiger partial charge in [-0.3, -0.25) is 10.1 Å². The third-order valence-corrected chi connectivity index (χ3v) is 2.53. The van der Waals surface area contributed by atoms with Crippen molar-refractivity contribution in [2.45, 2.75) is 12.8 Å². The van der Waals surface area contributed by atoms with Crippen molar-refractivity contribution in [2.24, 2.45) is 0 Å². The van der Waals surface area contributed by atoms with Crippen molar-refractivity contribution >= 4 is 23.3 Å². The summed E-state index contributed by atoms with van der Waals surface area (Å²) in [6, 6.07) is 2.60. The van der Waals surface area contributed by atoms with Crippen LogP contribution in [0.25, 0.3) is 0 Å². The number of ether oxygens (including phenoxy) is 2. The molecule has 0 aliphatic carbocycles. The highest BCUT2D eigenvalue weighted by atomic mass is 35.5. The first-order chi connectivity index (χ1) is 8.54. The standard InChI is InChI=1S/C11H12ClNO5/c1-3-18-11(14)8-4-7(17-2)5-10(13(15)16)9(8)6-12/h4-5H,3,6H2,1-2H3. The number of hydrogen-bond donors (Lipinski definition) is 0. The summed E-state index contributed by atoms with van der Waals surface area (Å²) in [5.74, 6) is -0.608. The summed E-state index contributed by atoms with van der Waals surface area (Å²) in [4.78, 5) is 22.0. The third-order valence-electron chi connectivity index (χ3n) is 2.26. The van der Waals surface area contributed by atoms with Gasteiger partial charge >= 0.3 is 5.97 Å². The summed E-state index contributed by atoms with van der Waals surface area (Å²) < 4.78 is 9.75. The summed E-state index contributed by atoms with van der Waals surface area (Å²) in [6.07, 6.45) is 0. The fraction of sp³-hybridized carbons (Fsp3) is 0.364. The molecule has 1 rings (SSSR count). The number of nitrogens with zero attached hydrogens (tertiary/aromatic N) is 1. The minimum atomic E-state index is -0.657. The van der Waals surface area contributed by atoms with Gasteiger partial charge in [0.15, 0.2) is 0 Å². The molecule has 0 saturated heterocycles. The van der Waals surface area contributed by atoms with Crippen molar-refractivity contribution in [2.75, 3.05) is 13.7 Å². The van der Waals surface area contributed by atoms with E-state index < -0.39 is 10.9 Å². The van der Waals surface area contributed by atoms with Gasteiger partial charge in [0.05, 0.1) is 41.7 Å². The molecule has 0 spiro atoms. The van der Waals surface area contributed by atoms with Crippen molar-refractivity contribution in [3.63, 3.8) is 0 Å². The van der Waals surface area contributed by atoms with Crippen LogP contribution >= 0.6 is 11.6 Å². The molecule has 0 aliphatic heterocycles. The molecule has 0 unspecified atom stereocenters. The minimum absolute atomic E-state index is 0.0536. The average Bonchev–Trinajstić information content (AvgIpc) is 2.37. The molecule has 0 aliphatic rings. The lowest BCUT2D eigenvalue weighted by atomic mass is 10.1. The van der Waals surface area contributed by atoms with Gasteiger partial charge < -0.3 is 9.47 Å². The second kappa shape index (κ2) is 6.20. The highest BCUT2D eigenvalue weighted by molar-refractivity contribution is 6.18. The molecule has 0 saturated carbocycles. The van der Waals surface area contributed by atoms with E-state index in [4.69, 9.17) is 21.1 Å². The van der Waals surface area contributed by atoms with Crippen LogP contribution in [0.5, 0.6) is 5.75 Å². The molecule has 0 heterocycles. The van der Waals surface area contributed by atoms with Gasteiger partial charge in [0.25, 0.3) is 5.69 Å². The van der Waals surface area contributed by atoms with Crippen LogP contribution in [0.15, 0.2) is 12.1 Å². The number of nitro benzene ring substituents is 1. The molecular weight excluding hydrogens is 262 g/mol. The van der Waals surface area contributed by atoms with E-state index in [2.05, 4.69) is 0 Å². The van der Waals surface area contributed by atoms with Gasteiger partial charge in [-0.1, -0.05) is 0 Å². The molecule has 7 heteroatoms. The zero-order valence-corrected chi connectivity index (χ0v) is 10.7. The number of hydrogen-bond acceptors (Lipinski definition) is 5. The first-order valence-corrected chi connectivity index (χ1v) is 5.67. The van der Waals surface area contributed by atoms with Gasteiger partial charge in [-0.05, 0) is 13.0 Å². The quantitative estimate of drug-likeness (QED) is 0.356. The lowest BCUT2D eigenvalue weighted by Crippen LogP contribution is -2.10. The number of esters is 1. The molecule has 0 N–H and O–H groups in total. The summed E-state index contributed by atoms with van der Waals surface area (Å²) in [5, 5.41) is 10.9. The van der Waals surface area contributed by atoms with E-state index in [1.54, 1.807) is 6.92 Å². The van der Waals surface area contributed by atoms with Crippen LogP contribution in [-0.2, 0) is 10.6 Å². The maximum atomic E-state index is 11.7. The highest BCUT2D eigenvalue weighted by Gasteiger charge is 2.24. The Kier molecular flexibility index (Phi) is 4.91. The molecule has 0 fully saturated rings. The van der Waals surface area contributed by atoms with E-state index >= 15 is 0 Å². The van der Waals surface area contributed by atoms with E-state index in [1.807, 2.05) is 0 Å². The minimum Gasteiger partial charge on any atom is -0.496 e. The van der Waals surface area contributed by atoms with Crippen molar-refractivity contribution in [3.8, 4) is 5.75 Å². The van der Waals surface area contributed by atoms with Crippen LogP contribution in [0.2, 0.25) is 0 Å². The Labute approximate surface area is 109 Å². The first kappa shape index (κ1) is 14.2. The fourth-order valence-corrected chi connectivity index (χ4v) is 1.72. The Morgan fingerprint density at radius 2 is 2.17 bits per heavy atom. The second-order valence-corrected chi connectivity index (χ2v) is 3.55. The topological polar surface area (TPSA) is 78.7 Å². The summed E-state index contributed by atoms with van der Waals surface area (Å²) in [7, 11) is 1.36. The van der Waals surface area contributed by atoms with Crippen LogP contribution in [-0.4, -0.2) is 24.6 Å². The molecule has 0 atom stereocenters. The predicted octanol–water partition coefficient (Wildman–Crippen LogP) is 2.52. The van der Waals surface area contributed by atoms with Gasteiger partial charge in [0, 0.05) is 0 Å². The summed E-state index contributed by atoms with van der Waals surface area (Å²) in [5.41, 5.74) is -0.0776. The van der Waals surface area contributed by atoms with Crippen LogP contribution < -0.4 is 4.74 Å². The number of alkyl halides is 1. The number of halogens is 1. The average molecular weight is 274 g/mol. The molecule has 18 heavy (non-hydrogen) atoms. The van der Waals surface area contributed by atoms with Crippen molar-refractivity contribution in [1.29, 1.82) is 0 Å². The predicted molar refractivity (Wildman–Crippen MR) is 65.2 cm³/mol. The fourth-order valence-electron chi connectivity index (χ4n) is 1.44. The molecule has 0 radical (unpaired) electrons. The lowest BCUT2D eigenvalue weighted by Gasteiger charge is -2.09. The normalized spacial score (nSPS) is 9.94. The highest BCUT2D eigenvalue weighted by Crippen LogP contribution is 2.30. The Hall–Kier alpha value is -1.82. The Balaban J connectivity index is 3.42. The van der Waals surface area contributed by atoms with E-state index in [0.717, 1.165) is 0 Å². The lowest BCUT2D eigenvalue weighted by molar-refractivity contribution is -0.385. The van der Waals surface area contributed by atoms with Gasteiger partial charge in [-0.2, -0.15) is 0 Å². The number of carbonyl (C=O) groups is 1. The smallest absolute Gasteiger partial charge is 0.338 e. The van der Waals surface area contributed by atoms with Gasteiger partial charge in [-0.15, -0.1) is 11.6 Å². The molecule has 1 aromatic rings. The number of benzene rings is 1. The molecule has 1 aromatic carbocycles. The zero-order valence-electron chi connectivity index (χ0n) is 9.94. The zero-order chi connectivity index (χ0) is 13.7. The number of nitro groups is 1. The Morgan fingerprint density at radius 3 is 2.61 bits per heavy atom. The van der Waals surface area contributed by atoms with E-state index in [9.17, 15) is 14.9 Å². The maximum Gasteiger partial charge on any atom is 0.338 e. The number of methoxy groups -OCH3 is 1. The molecule has 0 amide bonds. The largest absolute Gasteiger partial charge is 0.496 e. The van der Waals surface area contributed by atoms with Crippen molar-refractivity contribution in [3.05, 3.63) is 33.4 Å². The second-order valence-electron chi connectivity index (χ2n) is 3.28. The molecular formula is C11H12ClNO5. The number of rotatable bonds is 5. The Morgan fingerprint density at radius 1 is 1.50 bits per heavy atom. The van der Waals surface area contributed by atoms with Crippen LogP contribution in [0.3, 0.4) is 0 Å². The van der Waals surface area contributed by atoms with Gasteiger partial charge in [-0.25, -0.2) is 4.79 Å². The van der Waals surface area contributed by atoms with E-state index in [1.165, 1.54) is 19.2 Å². The van der Waals surface area contributed by atoms with E-state index in [0.29, 0.717) is 0 Å². The van der Waals surface area contributed by atoms with E-state index in [-0.39, 0.29) is 35.1 Å². The SMILES string of the molecule is CCOC(=O)c1cc(OC)cc([N+](=O)[O-])c1CCl. The van der Waals surface area contributed by atoms with Crippen molar-refractivity contribution < 1.29 is 19.2 Å². The molecule has 0 bridgehead atoms. The van der Waals surface area contributed by atoms with Crippen molar-refractivity contribution in [1.82, 2.24) is 0 Å². The molecule has 98 valence electrons. The Bertz CT molecular complexity index is 475. The number of carbonyl (C=O) groups excluding carboxylic acids is 1. The monoisotopic (exact) mass is 273 g/mol. The van der Waals surface area contributed by atoms with Crippen LogP contribution in [0.4, 0.5) is 5.69 Å². The van der Waals surface area contributed by atoms with Gasteiger partial charge in [0.2, 0.25) is 0 Å². The summed E-state index contributed by atoms with van der Waals surface area (Å²) in [6.45, 7) is 1.82. The third kappa shape index (κ3) is 2.89. The summed E-state index contributed by atoms with van der Waals surface area (Å²) >= 11 is 5.67. The van der Waals surface area contributed by atoms with Crippen LogP contribution in [0.1, 0.15) is 22.8 Å². The van der Waals surface area contributed by atoms with Crippen LogP contribution in [0, 0.1) is 10.1 Å².